The summed E-state index contributed by atoms with van der Waals surface area (Å²) in [4.78, 5) is 47.0. The first kappa shape index (κ1) is 37.8. The van der Waals surface area contributed by atoms with Gasteiger partial charge in [-0.1, -0.05) is 13.8 Å². The van der Waals surface area contributed by atoms with Crippen LogP contribution >= 0.6 is 0 Å². The molecule has 0 saturated heterocycles. The fraction of sp³-hybridized carbons (Fsp3) is 0.852. The van der Waals surface area contributed by atoms with Crippen LogP contribution in [-0.2, 0) is 57.1 Å². The highest BCUT2D eigenvalue weighted by Crippen LogP contribution is 2.22. The lowest BCUT2D eigenvalue weighted by molar-refractivity contribution is -0.159. The lowest BCUT2D eigenvalue weighted by atomic mass is 9.92. The van der Waals surface area contributed by atoms with Gasteiger partial charge < -0.3 is 48.0 Å². The first-order valence-electron chi connectivity index (χ1n) is 13.3. The molecule has 1 atom stereocenters. The lowest BCUT2D eigenvalue weighted by Gasteiger charge is -2.33. The minimum absolute atomic E-state index is 0.00636. The third-order valence-electron chi connectivity index (χ3n) is 5.68. The number of amides is 1. The first-order valence-corrected chi connectivity index (χ1v) is 13.3. The second-order valence-electron chi connectivity index (χ2n) is 10.5. The van der Waals surface area contributed by atoms with Gasteiger partial charge in [-0.15, -0.1) is 0 Å². The van der Waals surface area contributed by atoms with E-state index in [2.05, 4.69) is 28.6 Å². The van der Waals surface area contributed by atoms with E-state index in [1.807, 2.05) is 13.8 Å². The van der Waals surface area contributed by atoms with Crippen molar-refractivity contribution < 1.29 is 57.1 Å². The number of carbonyl (C=O) groups is 4. The van der Waals surface area contributed by atoms with Gasteiger partial charge in [-0.3, -0.25) is 4.79 Å². The Morgan fingerprint density at radius 1 is 0.850 bits per heavy atom. The van der Waals surface area contributed by atoms with E-state index in [1.54, 1.807) is 0 Å². The molecular weight excluding hydrogens is 530 g/mol. The zero-order chi connectivity index (χ0) is 30.4. The molecule has 0 aliphatic heterocycles. The van der Waals surface area contributed by atoms with Crippen LogP contribution in [-0.4, -0.2) is 123 Å². The molecule has 0 fully saturated rings. The number of hydrogen-bond acceptors (Lipinski definition) is 12. The van der Waals surface area contributed by atoms with Crippen molar-refractivity contribution in [2.45, 2.75) is 52.2 Å². The van der Waals surface area contributed by atoms with Crippen molar-refractivity contribution in [3.63, 3.8) is 0 Å². The highest BCUT2D eigenvalue weighted by molar-refractivity contribution is 5.77. The standard InChI is InChI=1S/C27H49NO12/c1-21(2)8-11-40-26(3,4)9-10-28-23(30)14-36-17-27(18-37-15-24(31)34-6,19-38-16-25(32)35-7)20-39-22(12-29)13-33-5/h12,21-22H,8-11,13-20H2,1-7H3,(H,28,30). The van der Waals surface area contributed by atoms with Gasteiger partial charge in [0, 0.05) is 20.3 Å². The summed E-state index contributed by atoms with van der Waals surface area (Å²) >= 11 is 0. The number of hydrogen-bond donors (Lipinski definition) is 1. The molecule has 0 rings (SSSR count). The maximum atomic E-state index is 12.4. The third-order valence-corrected chi connectivity index (χ3v) is 5.68. The number of aldehydes is 1. The normalized spacial score (nSPS) is 12.7. The van der Waals surface area contributed by atoms with Crippen molar-refractivity contribution in [1.29, 1.82) is 0 Å². The minimum atomic E-state index is -1.11. The van der Waals surface area contributed by atoms with Gasteiger partial charge in [0.15, 0.2) is 6.29 Å². The Bertz CT molecular complexity index is 706. The molecule has 13 heteroatoms. The molecule has 13 nitrogen and oxygen atoms in total. The van der Waals surface area contributed by atoms with Crippen LogP contribution < -0.4 is 5.32 Å². The van der Waals surface area contributed by atoms with E-state index in [-0.39, 0.29) is 64.4 Å². The smallest absolute Gasteiger partial charge is 0.331 e. The number of esters is 2. The molecule has 0 radical (unpaired) electrons. The maximum absolute atomic E-state index is 12.4. The van der Waals surface area contributed by atoms with Crippen LogP contribution in [0.2, 0.25) is 0 Å². The number of carbonyl (C=O) groups excluding carboxylic acids is 4. The molecule has 234 valence electrons. The van der Waals surface area contributed by atoms with Gasteiger partial charge in [0.2, 0.25) is 5.91 Å². The van der Waals surface area contributed by atoms with E-state index in [0.29, 0.717) is 31.8 Å². The van der Waals surface area contributed by atoms with Crippen LogP contribution in [0, 0.1) is 11.3 Å². The highest BCUT2D eigenvalue weighted by Gasteiger charge is 2.34. The Labute approximate surface area is 237 Å². The monoisotopic (exact) mass is 579 g/mol. The molecule has 1 unspecified atom stereocenters. The fourth-order valence-electron chi connectivity index (χ4n) is 3.20. The zero-order valence-corrected chi connectivity index (χ0v) is 25.1. The molecule has 0 aromatic carbocycles. The van der Waals surface area contributed by atoms with E-state index in [4.69, 9.17) is 28.4 Å². The van der Waals surface area contributed by atoms with Gasteiger partial charge in [0.05, 0.1) is 58.3 Å². The fourth-order valence-corrected chi connectivity index (χ4v) is 3.20. The minimum Gasteiger partial charge on any atom is -0.467 e. The number of nitrogens with one attached hydrogen (secondary N) is 1. The van der Waals surface area contributed by atoms with Crippen molar-refractivity contribution in [2.75, 3.05) is 87.3 Å². The van der Waals surface area contributed by atoms with Crippen molar-refractivity contribution in [2.24, 2.45) is 11.3 Å². The number of methoxy groups -OCH3 is 3. The summed E-state index contributed by atoms with van der Waals surface area (Å²) in [5.41, 5.74) is -1.50. The molecule has 1 N–H and O–H groups in total. The summed E-state index contributed by atoms with van der Waals surface area (Å²) in [6.45, 7) is 7.75. The third kappa shape index (κ3) is 19.0. The van der Waals surface area contributed by atoms with E-state index < -0.39 is 23.5 Å². The van der Waals surface area contributed by atoms with Crippen molar-refractivity contribution in [3.05, 3.63) is 0 Å². The Morgan fingerprint density at radius 3 is 1.88 bits per heavy atom. The summed E-state index contributed by atoms with van der Waals surface area (Å²) < 4.78 is 42.5. The predicted octanol–water partition coefficient (Wildman–Crippen LogP) is 0.947. The second kappa shape index (κ2) is 21.6. The summed E-state index contributed by atoms with van der Waals surface area (Å²) in [7, 11) is 3.87. The molecular formula is C27H49NO12. The molecule has 0 spiro atoms. The number of ether oxygens (including phenoxy) is 8. The van der Waals surface area contributed by atoms with Crippen LogP contribution in [0.5, 0.6) is 0 Å². The second-order valence-corrected chi connectivity index (χ2v) is 10.5. The van der Waals surface area contributed by atoms with Crippen LogP contribution in [0.4, 0.5) is 0 Å². The zero-order valence-electron chi connectivity index (χ0n) is 25.1. The molecule has 0 aliphatic carbocycles. The molecule has 0 saturated carbocycles. The molecule has 0 aromatic rings. The first-order chi connectivity index (χ1) is 18.9. The van der Waals surface area contributed by atoms with Gasteiger partial charge >= 0.3 is 11.9 Å². The summed E-state index contributed by atoms with van der Waals surface area (Å²) in [5, 5.41) is 2.81. The largest absolute Gasteiger partial charge is 0.467 e. The van der Waals surface area contributed by atoms with E-state index in [0.717, 1.165) is 6.42 Å². The van der Waals surface area contributed by atoms with E-state index >= 15 is 0 Å². The van der Waals surface area contributed by atoms with Crippen LogP contribution in [0.15, 0.2) is 0 Å². The molecule has 0 aromatic heterocycles. The highest BCUT2D eigenvalue weighted by atomic mass is 16.6. The average molecular weight is 580 g/mol. The SMILES string of the molecule is COCC(C=O)OCC(COCC(=O)NCCC(C)(C)OCCC(C)C)(COCC(=O)OC)COCC(=O)OC. The molecule has 40 heavy (non-hydrogen) atoms. The Hall–Kier alpha value is -2.16. The van der Waals surface area contributed by atoms with Gasteiger partial charge in [0.1, 0.15) is 25.9 Å². The lowest BCUT2D eigenvalue weighted by Crippen LogP contribution is -2.45. The summed E-state index contributed by atoms with van der Waals surface area (Å²) in [5.74, 6) is -1.01. The molecule has 0 aliphatic rings. The Morgan fingerprint density at radius 2 is 1.40 bits per heavy atom. The summed E-state index contributed by atoms with van der Waals surface area (Å²) in [6.07, 6.45) is 1.27. The molecule has 1 amide bonds. The van der Waals surface area contributed by atoms with Crippen molar-refractivity contribution in [3.8, 4) is 0 Å². The average Bonchev–Trinajstić information content (AvgIpc) is 2.90. The van der Waals surface area contributed by atoms with Crippen LogP contribution in [0.3, 0.4) is 0 Å². The quantitative estimate of drug-likeness (QED) is 0.121. The van der Waals surface area contributed by atoms with Crippen molar-refractivity contribution in [1.82, 2.24) is 5.32 Å². The van der Waals surface area contributed by atoms with Crippen molar-refractivity contribution >= 4 is 24.1 Å². The van der Waals surface area contributed by atoms with Crippen LogP contribution in [0.25, 0.3) is 0 Å². The van der Waals surface area contributed by atoms with Gasteiger partial charge in [0.25, 0.3) is 0 Å². The van der Waals surface area contributed by atoms with Gasteiger partial charge in [-0.2, -0.15) is 0 Å². The van der Waals surface area contributed by atoms with E-state index in [9.17, 15) is 19.2 Å². The topological polar surface area (TPSA) is 154 Å². The van der Waals surface area contributed by atoms with Gasteiger partial charge in [-0.25, -0.2) is 9.59 Å². The van der Waals surface area contributed by atoms with E-state index in [1.165, 1.54) is 21.3 Å². The number of rotatable bonds is 25. The molecule has 0 bridgehead atoms. The maximum Gasteiger partial charge on any atom is 0.331 e. The van der Waals surface area contributed by atoms with Gasteiger partial charge in [-0.05, 0) is 32.6 Å². The summed E-state index contributed by atoms with van der Waals surface area (Å²) in [6, 6.07) is 0. The predicted molar refractivity (Wildman–Crippen MR) is 144 cm³/mol. The Balaban J connectivity index is 5.20. The molecule has 0 heterocycles. The Kier molecular flexibility index (Phi) is 20.4. The van der Waals surface area contributed by atoms with Crippen LogP contribution in [0.1, 0.15) is 40.5 Å².